The number of carbonyl (C=O) groups excluding carboxylic acids is 1. The Labute approximate surface area is 211 Å². The second-order valence-corrected chi connectivity index (χ2v) is 14.7. The van der Waals surface area contributed by atoms with E-state index in [1.807, 2.05) is 6.92 Å². The highest BCUT2D eigenvalue weighted by molar-refractivity contribution is 5.93. The average molecular weight is 484 g/mol. The van der Waals surface area contributed by atoms with Crippen LogP contribution in [0, 0.1) is 50.5 Å². The van der Waals surface area contributed by atoms with Gasteiger partial charge in [-0.2, -0.15) is 0 Å². The molecule has 0 aromatic rings. The van der Waals surface area contributed by atoms with E-state index in [9.17, 15) is 10.0 Å². The minimum Gasteiger partial charge on any atom is -0.624 e. The van der Waals surface area contributed by atoms with Gasteiger partial charge in [0.1, 0.15) is 5.78 Å². The zero-order chi connectivity index (χ0) is 24.6. The molecular formula is C30H45NO4. The van der Waals surface area contributed by atoms with Gasteiger partial charge in [0.15, 0.2) is 17.5 Å². The van der Waals surface area contributed by atoms with E-state index in [4.69, 9.17) is 9.47 Å². The lowest BCUT2D eigenvalue weighted by atomic mass is 9.35. The maximum absolute atomic E-state index is 14.4. The van der Waals surface area contributed by atoms with Crippen LogP contribution in [0.4, 0.5) is 0 Å². The summed E-state index contributed by atoms with van der Waals surface area (Å²) in [7, 11) is 0. The van der Waals surface area contributed by atoms with Crippen molar-refractivity contribution in [2.24, 2.45) is 45.3 Å². The zero-order valence-electron chi connectivity index (χ0n) is 22.5. The van der Waals surface area contributed by atoms with Crippen LogP contribution in [0.2, 0.25) is 0 Å². The fraction of sp³-hybridized carbons (Fsp3) is 0.933. The van der Waals surface area contributed by atoms with Gasteiger partial charge in [-0.15, -0.1) is 0 Å². The van der Waals surface area contributed by atoms with Crippen LogP contribution in [0.3, 0.4) is 0 Å². The summed E-state index contributed by atoms with van der Waals surface area (Å²) in [5.41, 5.74) is 0.905. The average Bonchev–Trinajstić information content (AvgIpc) is 3.51. The van der Waals surface area contributed by atoms with Gasteiger partial charge >= 0.3 is 0 Å². The van der Waals surface area contributed by atoms with Crippen molar-refractivity contribution in [2.75, 3.05) is 6.61 Å². The van der Waals surface area contributed by atoms with Gasteiger partial charge in [0.25, 0.3) is 0 Å². The smallest absolute Gasteiger partial charge is 0.174 e. The Morgan fingerprint density at radius 2 is 1.89 bits per heavy atom. The number of fused-ring (bicyclic) bond motifs is 2. The number of nitrogens with zero attached hydrogens (tertiary/aromatic N) is 1. The van der Waals surface area contributed by atoms with E-state index in [1.165, 1.54) is 44.2 Å². The summed E-state index contributed by atoms with van der Waals surface area (Å²) in [5.74, 6) is 1.71. The largest absolute Gasteiger partial charge is 0.624 e. The Morgan fingerprint density at radius 1 is 1.09 bits per heavy atom. The molecule has 5 heteroatoms. The molecule has 1 spiro atoms. The minimum absolute atomic E-state index is 0.0375. The van der Waals surface area contributed by atoms with Crippen LogP contribution in [-0.4, -0.2) is 40.8 Å². The van der Waals surface area contributed by atoms with Gasteiger partial charge in [0.05, 0.1) is 23.5 Å². The number of hydrogen-bond acceptors (Lipinski definition) is 4. The van der Waals surface area contributed by atoms with E-state index in [2.05, 4.69) is 27.7 Å². The van der Waals surface area contributed by atoms with Crippen LogP contribution < -0.4 is 0 Å². The topological polar surface area (TPSA) is 61.6 Å². The van der Waals surface area contributed by atoms with Gasteiger partial charge in [-0.25, -0.2) is 4.74 Å². The van der Waals surface area contributed by atoms with Gasteiger partial charge in [-0.3, -0.25) is 4.79 Å². The third-order valence-electron chi connectivity index (χ3n) is 13.3. The molecule has 0 radical (unpaired) electrons. The fourth-order valence-corrected chi connectivity index (χ4v) is 11.6. The van der Waals surface area contributed by atoms with E-state index < -0.39 is 11.2 Å². The molecule has 4 aliphatic carbocycles. The summed E-state index contributed by atoms with van der Waals surface area (Å²) in [4.78, 5) is 14.1. The summed E-state index contributed by atoms with van der Waals surface area (Å²) in [5, 5.41) is 14.4. The molecule has 0 unspecified atom stereocenters. The van der Waals surface area contributed by atoms with Crippen molar-refractivity contribution in [1.82, 2.24) is 0 Å². The Bertz CT molecular complexity index is 1010. The molecule has 0 amide bonds. The van der Waals surface area contributed by atoms with Gasteiger partial charge < -0.3 is 14.7 Å². The van der Waals surface area contributed by atoms with Crippen LogP contribution in [0.5, 0.6) is 0 Å². The Balaban J connectivity index is 1.30. The van der Waals surface area contributed by atoms with Gasteiger partial charge in [0.2, 0.25) is 0 Å². The number of rotatable bonds is 5. The summed E-state index contributed by atoms with van der Waals surface area (Å²) < 4.78 is 14.0. The van der Waals surface area contributed by atoms with Crippen LogP contribution in [-0.2, 0) is 14.3 Å². The van der Waals surface area contributed by atoms with Crippen molar-refractivity contribution in [3.63, 3.8) is 0 Å². The molecule has 194 valence electrons. The molecular weight excluding hydrogens is 438 g/mol. The van der Waals surface area contributed by atoms with Gasteiger partial charge in [0, 0.05) is 30.1 Å². The second kappa shape index (κ2) is 6.92. The van der Waals surface area contributed by atoms with Crippen molar-refractivity contribution in [2.45, 2.75) is 123 Å². The maximum atomic E-state index is 14.4. The summed E-state index contributed by atoms with van der Waals surface area (Å²) in [6.45, 7) is 11.7. The highest BCUT2D eigenvalue weighted by Crippen LogP contribution is 2.80. The van der Waals surface area contributed by atoms with Crippen LogP contribution >= 0.6 is 0 Å². The molecule has 0 N–H and O–H groups in total. The van der Waals surface area contributed by atoms with Crippen LogP contribution in [0.1, 0.15) is 105 Å². The first-order valence-corrected chi connectivity index (χ1v) is 14.7. The number of Topliss-reactive ketones (excluding diaryl/α,β-unsaturated/α-hetero) is 1. The van der Waals surface area contributed by atoms with Crippen molar-refractivity contribution in [3.05, 3.63) is 5.21 Å². The molecule has 0 aromatic carbocycles. The standard InChI is InChI=1S/C30H45NO4/c1-18(2)19-8-13-27(4)20-9-15-29-12-6-7-21(29)30(27,24(19)31(33)25(20)29)16-10-22(32)26(3)17-34-28(5)14-11-23(26)35-28/h18-21,23,25H,6-17H2,1-5H3/t19-,20-,21-,23+,25-,26+,27+,28-,29-,30+/m1/s1. The molecule has 5 nitrogen and oxygen atoms in total. The van der Waals surface area contributed by atoms with E-state index >= 15 is 0 Å². The van der Waals surface area contributed by atoms with E-state index in [-0.39, 0.29) is 28.4 Å². The monoisotopic (exact) mass is 483 g/mol. The van der Waals surface area contributed by atoms with Crippen molar-refractivity contribution >= 4 is 11.5 Å². The third-order valence-corrected chi connectivity index (χ3v) is 13.3. The normalized spacial score (nSPS) is 55.7. The van der Waals surface area contributed by atoms with Crippen molar-refractivity contribution < 1.29 is 19.0 Å². The SMILES string of the molecule is CC(C)[C@H]1CC[C@@]2(C)[C@@H]3CC[C@]45CCC[C@H]4[C@@]2(CCC(=O)[C@]2(C)CO[C@@]4(C)CC[C@@H]2O4)C1=[N+]([O-])[C@H]35. The van der Waals surface area contributed by atoms with Crippen molar-refractivity contribution in [1.29, 1.82) is 0 Å². The molecule has 10 atom stereocenters. The summed E-state index contributed by atoms with van der Waals surface area (Å²) >= 11 is 0. The lowest BCUT2D eigenvalue weighted by Crippen LogP contribution is -2.75. The lowest BCUT2D eigenvalue weighted by Gasteiger charge is -2.69. The summed E-state index contributed by atoms with van der Waals surface area (Å²) in [6.07, 6.45) is 11.7. The number of hydroxylamine groups is 1. The number of carbonyl (C=O) groups is 1. The molecule has 0 aromatic heterocycles. The predicted octanol–water partition coefficient (Wildman–Crippen LogP) is 5.87. The molecule has 35 heavy (non-hydrogen) atoms. The third kappa shape index (κ3) is 2.50. The highest BCUT2D eigenvalue weighted by Gasteiger charge is 2.83. The van der Waals surface area contributed by atoms with Gasteiger partial charge in [-0.05, 0) is 82.5 Å². The molecule has 8 aliphatic rings. The first kappa shape index (κ1) is 23.2. The molecule has 8 bridgehead atoms. The first-order chi connectivity index (χ1) is 16.5. The maximum Gasteiger partial charge on any atom is 0.174 e. The zero-order valence-corrected chi connectivity index (χ0v) is 22.5. The quantitative estimate of drug-likeness (QED) is 0.362. The number of ether oxygens (including phenoxy) is 2. The number of hydrogen-bond donors (Lipinski definition) is 0. The predicted molar refractivity (Wildman–Crippen MR) is 134 cm³/mol. The van der Waals surface area contributed by atoms with Gasteiger partial charge in [-0.1, -0.05) is 27.2 Å². The number of ketones is 1. The minimum atomic E-state index is -0.569. The first-order valence-electron chi connectivity index (χ1n) is 14.7. The Kier molecular flexibility index (Phi) is 4.59. The Morgan fingerprint density at radius 3 is 2.66 bits per heavy atom. The fourth-order valence-electron chi connectivity index (χ4n) is 11.6. The molecule has 8 rings (SSSR count). The van der Waals surface area contributed by atoms with E-state index in [0.717, 1.165) is 25.7 Å². The van der Waals surface area contributed by atoms with Crippen LogP contribution in [0.15, 0.2) is 0 Å². The Hall–Kier alpha value is -0.940. The molecule has 2 saturated heterocycles. The summed E-state index contributed by atoms with van der Waals surface area (Å²) in [6, 6.07) is 0.197. The molecule has 4 heterocycles. The molecule has 4 aliphatic heterocycles. The van der Waals surface area contributed by atoms with E-state index in [1.54, 1.807) is 4.74 Å². The van der Waals surface area contributed by atoms with E-state index in [0.29, 0.717) is 42.5 Å². The molecule has 4 saturated carbocycles. The lowest BCUT2D eigenvalue weighted by molar-refractivity contribution is -0.572. The second-order valence-electron chi connectivity index (χ2n) is 14.7. The van der Waals surface area contributed by atoms with Crippen LogP contribution in [0.25, 0.3) is 0 Å². The highest BCUT2D eigenvalue weighted by atomic mass is 16.7. The van der Waals surface area contributed by atoms with Crippen molar-refractivity contribution in [3.8, 4) is 0 Å². The molecule has 6 fully saturated rings.